The standard InChI is InChI=1S/C16H26N2/c1-15(2,3)13-4-6-14(7-5-13)16(12-17)8-10-18-11-9-16/h4-7,18H,8-12,17H2,1-3H3. The lowest BCUT2D eigenvalue weighted by Gasteiger charge is -2.37. The van der Waals surface area contributed by atoms with Crippen molar-refractivity contribution in [2.45, 2.75) is 44.4 Å². The molecule has 0 radical (unpaired) electrons. The van der Waals surface area contributed by atoms with Gasteiger partial charge in [0.05, 0.1) is 0 Å². The third-order valence-electron chi connectivity index (χ3n) is 4.31. The van der Waals surface area contributed by atoms with E-state index in [1.165, 1.54) is 11.1 Å². The molecule has 0 unspecified atom stereocenters. The van der Waals surface area contributed by atoms with E-state index in [9.17, 15) is 0 Å². The Morgan fingerprint density at radius 1 is 1.11 bits per heavy atom. The molecule has 0 saturated carbocycles. The number of hydrogen-bond acceptors (Lipinski definition) is 2. The molecule has 1 aliphatic rings. The van der Waals surface area contributed by atoms with Crippen LogP contribution in [0.3, 0.4) is 0 Å². The van der Waals surface area contributed by atoms with E-state index < -0.39 is 0 Å². The van der Waals surface area contributed by atoms with Crippen molar-refractivity contribution in [2.75, 3.05) is 19.6 Å². The summed E-state index contributed by atoms with van der Waals surface area (Å²) in [6, 6.07) is 9.13. The maximum absolute atomic E-state index is 6.07. The Balaban J connectivity index is 2.27. The summed E-state index contributed by atoms with van der Waals surface area (Å²) < 4.78 is 0. The number of rotatable bonds is 2. The lowest BCUT2D eigenvalue weighted by atomic mass is 9.72. The highest BCUT2D eigenvalue weighted by molar-refractivity contribution is 5.33. The highest BCUT2D eigenvalue weighted by Gasteiger charge is 2.32. The molecule has 2 heteroatoms. The van der Waals surface area contributed by atoms with Crippen LogP contribution in [0, 0.1) is 0 Å². The largest absolute Gasteiger partial charge is 0.330 e. The molecule has 100 valence electrons. The Morgan fingerprint density at radius 3 is 2.11 bits per heavy atom. The third kappa shape index (κ3) is 2.60. The van der Waals surface area contributed by atoms with Gasteiger partial charge in [-0.05, 0) is 42.5 Å². The SMILES string of the molecule is CC(C)(C)c1ccc(C2(CN)CCNCC2)cc1. The van der Waals surface area contributed by atoms with Crippen LogP contribution in [0.2, 0.25) is 0 Å². The van der Waals surface area contributed by atoms with Crippen LogP contribution in [0.25, 0.3) is 0 Å². The van der Waals surface area contributed by atoms with E-state index in [-0.39, 0.29) is 10.8 Å². The van der Waals surface area contributed by atoms with Crippen molar-refractivity contribution in [3.05, 3.63) is 35.4 Å². The molecule has 0 aromatic heterocycles. The number of nitrogens with two attached hydrogens (primary N) is 1. The highest BCUT2D eigenvalue weighted by atomic mass is 14.9. The average Bonchev–Trinajstić information content (AvgIpc) is 2.39. The second kappa shape index (κ2) is 5.02. The van der Waals surface area contributed by atoms with Gasteiger partial charge in [-0.3, -0.25) is 0 Å². The average molecular weight is 246 g/mol. The molecule has 1 aromatic rings. The molecule has 1 aromatic carbocycles. The highest BCUT2D eigenvalue weighted by Crippen LogP contribution is 2.33. The molecule has 1 saturated heterocycles. The Hall–Kier alpha value is -0.860. The first kappa shape index (κ1) is 13.6. The van der Waals surface area contributed by atoms with Crippen LogP contribution in [-0.4, -0.2) is 19.6 Å². The number of benzene rings is 1. The van der Waals surface area contributed by atoms with Crippen molar-refractivity contribution in [1.82, 2.24) is 5.32 Å². The Bertz CT molecular complexity index is 381. The zero-order chi connectivity index (χ0) is 13.2. The topological polar surface area (TPSA) is 38.0 Å². The van der Waals surface area contributed by atoms with Gasteiger partial charge in [-0.1, -0.05) is 45.0 Å². The van der Waals surface area contributed by atoms with Gasteiger partial charge in [0.2, 0.25) is 0 Å². The van der Waals surface area contributed by atoms with Crippen LogP contribution in [0.1, 0.15) is 44.7 Å². The second-order valence-electron chi connectivity index (χ2n) is 6.56. The normalized spacial score (nSPS) is 19.8. The first-order valence-electron chi connectivity index (χ1n) is 7.00. The fourth-order valence-corrected chi connectivity index (χ4v) is 2.84. The summed E-state index contributed by atoms with van der Waals surface area (Å²) in [5.41, 5.74) is 9.30. The zero-order valence-electron chi connectivity index (χ0n) is 11.9. The van der Waals surface area contributed by atoms with Crippen molar-refractivity contribution in [2.24, 2.45) is 5.73 Å². The van der Waals surface area contributed by atoms with Gasteiger partial charge in [0, 0.05) is 12.0 Å². The molecule has 3 N–H and O–H groups in total. The molecule has 18 heavy (non-hydrogen) atoms. The van der Waals surface area contributed by atoms with Gasteiger partial charge < -0.3 is 11.1 Å². The number of nitrogens with one attached hydrogen (secondary N) is 1. The van der Waals surface area contributed by atoms with Crippen LogP contribution in [0.15, 0.2) is 24.3 Å². The molecule has 1 aliphatic heterocycles. The van der Waals surface area contributed by atoms with Crippen molar-refractivity contribution in [1.29, 1.82) is 0 Å². The summed E-state index contributed by atoms with van der Waals surface area (Å²) in [4.78, 5) is 0. The van der Waals surface area contributed by atoms with Gasteiger partial charge in [-0.15, -0.1) is 0 Å². The summed E-state index contributed by atoms with van der Waals surface area (Å²) in [6.45, 7) is 9.68. The van der Waals surface area contributed by atoms with Crippen LogP contribution >= 0.6 is 0 Å². The first-order chi connectivity index (χ1) is 8.48. The lowest BCUT2D eigenvalue weighted by Crippen LogP contribution is -2.44. The van der Waals surface area contributed by atoms with E-state index in [2.05, 4.69) is 50.4 Å². The zero-order valence-corrected chi connectivity index (χ0v) is 11.9. The van der Waals surface area contributed by atoms with E-state index in [1.54, 1.807) is 0 Å². The summed E-state index contributed by atoms with van der Waals surface area (Å²) in [5, 5.41) is 3.42. The van der Waals surface area contributed by atoms with Crippen molar-refractivity contribution >= 4 is 0 Å². The van der Waals surface area contributed by atoms with E-state index >= 15 is 0 Å². The maximum atomic E-state index is 6.07. The van der Waals surface area contributed by atoms with Crippen molar-refractivity contribution in [3.63, 3.8) is 0 Å². The van der Waals surface area contributed by atoms with Gasteiger partial charge in [-0.25, -0.2) is 0 Å². The molecular weight excluding hydrogens is 220 g/mol. The maximum Gasteiger partial charge on any atom is 0.00996 e. The van der Waals surface area contributed by atoms with Crippen LogP contribution in [0.4, 0.5) is 0 Å². The molecule has 0 spiro atoms. The Labute approximate surface area is 111 Å². The Morgan fingerprint density at radius 2 is 1.67 bits per heavy atom. The fourth-order valence-electron chi connectivity index (χ4n) is 2.84. The summed E-state index contributed by atoms with van der Waals surface area (Å²) in [6.07, 6.45) is 2.30. The lowest BCUT2D eigenvalue weighted by molar-refractivity contribution is 0.315. The van der Waals surface area contributed by atoms with Crippen LogP contribution in [0.5, 0.6) is 0 Å². The second-order valence-corrected chi connectivity index (χ2v) is 6.56. The van der Waals surface area contributed by atoms with Crippen molar-refractivity contribution < 1.29 is 0 Å². The van der Waals surface area contributed by atoms with Crippen molar-refractivity contribution in [3.8, 4) is 0 Å². The van der Waals surface area contributed by atoms with E-state index in [4.69, 9.17) is 5.73 Å². The third-order valence-corrected chi connectivity index (χ3v) is 4.31. The molecule has 2 nitrogen and oxygen atoms in total. The monoisotopic (exact) mass is 246 g/mol. The van der Waals surface area contributed by atoms with E-state index in [0.29, 0.717) is 0 Å². The minimum Gasteiger partial charge on any atom is -0.330 e. The molecule has 0 amide bonds. The molecule has 0 bridgehead atoms. The molecule has 1 heterocycles. The molecule has 0 aliphatic carbocycles. The minimum atomic E-state index is 0.196. The molecule has 2 rings (SSSR count). The van der Waals surface area contributed by atoms with Crippen LogP contribution < -0.4 is 11.1 Å². The molecular formula is C16H26N2. The number of hydrogen-bond donors (Lipinski definition) is 2. The first-order valence-corrected chi connectivity index (χ1v) is 7.00. The van der Waals surface area contributed by atoms with E-state index in [0.717, 1.165) is 32.5 Å². The van der Waals surface area contributed by atoms with Gasteiger partial charge >= 0.3 is 0 Å². The van der Waals surface area contributed by atoms with Gasteiger partial charge in [0.25, 0.3) is 0 Å². The minimum absolute atomic E-state index is 0.196. The fraction of sp³-hybridized carbons (Fsp3) is 0.625. The number of piperidine rings is 1. The van der Waals surface area contributed by atoms with Crippen LogP contribution in [-0.2, 0) is 10.8 Å². The quantitative estimate of drug-likeness (QED) is 0.841. The Kier molecular flexibility index (Phi) is 3.79. The summed E-state index contributed by atoms with van der Waals surface area (Å²) in [5.74, 6) is 0. The molecule has 0 atom stereocenters. The predicted molar refractivity (Wildman–Crippen MR) is 78.0 cm³/mol. The predicted octanol–water partition coefficient (Wildman–Crippen LogP) is 2.56. The van der Waals surface area contributed by atoms with E-state index in [1.807, 2.05) is 0 Å². The summed E-state index contributed by atoms with van der Waals surface area (Å²) in [7, 11) is 0. The smallest absolute Gasteiger partial charge is 0.00996 e. The molecule has 1 fully saturated rings. The summed E-state index contributed by atoms with van der Waals surface area (Å²) >= 11 is 0. The van der Waals surface area contributed by atoms with Gasteiger partial charge in [-0.2, -0.15) is 0 Å². The van der Waals surface area contributed by atoms with Gasteiger partial charge in [0.1, 0.15) is 0 Å². The van der Waals surface area contributed by atoms with Gasteiger partial charge in [0.15, 0.2) is 0 Å².